The van der Waals surface area contributed by atoms with Gasteiger partial charge in [-0.25, -0.2) is 4.39 Å². The van der Waals surface area contributed by atoms with Crippen LogP contribution in [0.2, 0.25) is 0 Å². The lowest BCUT2D eigenvalue weighted by molar-refractivity contribution is 0.0921. The molecule has 0 radical (unpaired) electrons. The Hall–Kier alpha value is -3.06. The minimum Gasteiger partial charge on any atom is -0.468 e. The number of piperazine rings is 1. The lowest BCUT2D eigenvalue weighted by atomic mass is 10.1. The number of rotatable bonds is 6. The van der Waals surface area contributed by atoms with Crippen LogP contribution in [0.4, 0.5) is 10.1 Å². The summed E-state index contributed by atoms with van der Waals surface area (Å²) in [4.78, 5) is 17.2. The van der Waals surface area contributed by atoms with Gasteiger partial charge in [0.05, 0.1) is 17.9 Å². The van der Waals surface area contributed by atoms with Crippen LogP contribution in [0.3, 0.4) is 0 Å². The second kappa shape index (κ2) is 8.75. The molecule has 0 spiro atoms. The molecule has 1 unspecified atom stereocenters. The lowest BCUT2D eigenvalue weighted by Crippen LogP contribution is -2.49. The number of nitrogens with zero attached hydrogens (tertiary/aromatic N) is 2. The van der Waals surface area contributed by atoms with Gasteiger partial charge >= 0.3 is 0 Å². The smallest absolute Gasteiger partial charge is 0.254 e. The molecule has 1 aliphatic rings. The summed E-state index contributed by atoms with van der Waals surface area (Å²) in [6.07, 6.45) is 1.66. The van der Waals surface area contributed by atoms with Gasteiger partial charge in [-0.2, -0.15) is 0 Å². The number of aryl methyl sites for hydroxylation is 2. The number of hydrogen-bond donors (Lipinski definition) is 1. The van der Waals surface area contributed by atoms with Crippen molar-refractivity contribution < 1.29 is 18.0 Å². The van der Waals surface area contributed by atoms with Crippen LogP contribution >= 0.6 is 0 Å². The fraction of sp³-hybridized carbons (Fsp3) is 0.348. The standard InChI is InChI=1S/C23H26FN3O3/c1-16-14-20(17(2)30-16)23(28)25-15-21(22-4-3-13-29-22)27-11-9-26(10-12-27)19-7-5-18(24)6-8-19/h3-8,13-14,21H,9-12,15H2,1-2H3,(H,25,28). The van der Waals surface area contributed by atoms with Gasteiger partial charge in [0.2, 0.25) is 0 Å². The van der Waals surface area contributed by atoms with Gasteiger partial charge in [-0.15, -0.1) is 0 Å². The van der Waals surface area contributed by atoms with E-state index < -0.39 is 0 Å². The number of carbonyl (C=O) groups is 1. The predicted octanol–water partition coefficient (Wildman–Crippen LogP) is 3.92. The van der Waals surface area contributed by atoms with E-state index in [1.807, 2.05) is 31.2 Å². The number of halogens is 1. The van der Waals surface area contributed by atoms with Gasteiger partial charge in [-0.3, -0.25) is 9.69 Å². The molecule has 1 saturated heterocycles. The number of nitrogens with one attached hydrogen (secondary N) is 1. The summed E-state index contributed by atoms with van der Waals surface area (Å²) in [6, 6.07) is 12.1. The fourth-order valence-electron chi connectivity index (χ4n) is 3.98. The molecule has 7 heteroatoms. The molecular weight excluding hydrogens is 385 g/mol. The third-order valence-corrected chi connectivity index (χ3v) is 5.56. The second-order valence-corrected chi connectivity index (χ2v) is 7.57. The van der Waals surface area contributed by atoms with Crippen molar-refractivity contribution >= 4 is 11.6 Å². The first-order valence-electron chi connectivity index (χ1n) is 10.1. The SMILES string of the molecule is Cc1cc(C(=O)NCC(c2ccco2)N2CCN(c3ccc(F)cc3)CC2)c(C)o1. The van der Waals surface area contributed by atoms with Crippen LogP contribution in [0.1, 0.15) is 33.7 Å². The van der Waals surface area contributed by atoms with Crippen LogP contribution in [0.5, 0.6) is 0 Å². The molecule has 1 aromatic carbocycles. The molecule has 1 fully saturated rings. The zero-order chi connectivity index (χ0) is 21.1. The summed E-state index contributed by atoms with van der Waals surface area (Å²) in [5.74, 6) is 1.79. The Labute approximate surface area is 175 Å². The molecule has 3 aromatic rings. The van der Waals surface area contributed by atoms with E-state index in [9.17, 15) is 9.18 Å². The summed E-state index contributed by atoms with van der Waals surface area (Å²) in [5, 5.41) is 3.03. The predicted molar refractivity (Wildman–Crippen MR) is 112 cm³/mol. The largest absolute Gasteiger partial charge is 0.468 e. The monoisotopic (exact) mass is 411 g/mol. The van der Waals surface area contributed by atoms with Crippen molar-refractivity contribution in [1.29, 1.82) is 0 Å². The van der Waals surface area contributed by atoms with Crippen molar-refractivity contribution in [2.75, 3.05) is 37.6 Å². The molecule has 1 amide bonds. The molecule has 1 atom stereocenters. The van der Waals surface area contributed by atoms with Crippen molar-refractivity contribution in [2.45, 2.75) is 19.9 Å². The van der Waals surface area contributed by atoms with Crippen LogP contribution in [-0.2, 0) is 0 Å². The Bertz CT molecular complexity index is 974. The highest BCUT2D eigenvalue weighted by molar-refractivity contribution is 5.95. The van der Waals surface area contributed by atoms with E-state index in [1.165, 1.54) is 12.1 Å². The third-order valence-electron chi connectivity index (χ3n) is 5.56. The van der Waals surface area contributed by atoms with E-state index >= 15 is 0 Å². The Morgan fingerprint density at radius 3 is 2.47 bits per heavy atom. The minimum atomic E-state index is -0.228. The maximum absolute atomic E-state index is 13.2. The van der Waals surface area contributed by atoms with E-state index in [4.69, 9.17) is 8.83 Å². The highest BCUT2D eigenvalue weighted by atomic mass is 19.1. The van der Waals surface area contributed by atoms with Crippen LogP contribution < -0.4 is 10.2 Å². The molecule has 1 N–H and O–H groups in total. The first kappa shape index (κ1) is 20.2. The summed E-state index contributed by atoms with van der Waals surface area (Å²) in [7, 11) is 0. The Balaban J connectivity index is 1.41. The molecule has 30 heavy (non-hydrogen) atoms. The summed E-state index contributed by atoms with van der Waals surface area (Å²) >= 11 is 0. The van der Waals surface area contributed by atoms with Gasteiger partial charge < -0.3 is 19.1 Å². The zero-order valence-corrected chi connectivity index (χ0v) is 17.2. The zero-order valence-electron chi connectivity index (χ0n) is 17.2. The van der Waals surface area contributed by atoms with Gasteiger partial charge in [0.1, 0.15) is 23.1 Å². The second-order valence-electron chi connectivity index (χ2n) is 7.57. The average Bonchev–Trinajstić information content (AvgIpc) is 3.39. The molecule has 1 aliphatic heterocycles. The number of anilines is 1. The van der Waals surface area contributed by atoms with Crippen molar-refractivity contribution in [3.8, 4) is 0 Å². The van der Waals surface area contributed by atoms with Gasteiger partial charge in [-0.05, 0) is 56.3 Å². The lowest BCUT2D eigenvalue weighted by Gasteiger charge is -2.39. The molecule has 2 aromatic heterocycles. The van der Waals surface area contributed by atoms with Crippen molar-refractivity contribution in [1.82, 2.24) is 10.2 Å². The highest BCUT2D eigenvalue weighted by Crippen LogP contribution is 2.25. The number of hydrogen-bond acceptors (Lipinski definition) is 5. The topological polar surface area (TPSA) is 61.9 Å². The van der Waals surface area contributed by atoms with Gasteiger partial charge in [-0.1, -0.05) is 0 Å². The van der Waals surface area contributed by atoms with E-state index in [1.54, 1.807) is 19.3 Å². The van der Waals surface area contributed by atoms with Crippen molar-refractivity contribution in [3.63, 3.8) is 0 Å². The highest BCUT2D eigenvalue weighted by Gasteiger charge is 2.28. The van der Waals surface area contributed by atoms with Crippen LogP contribution in [0.25, 0.3) is 0 Å². The average molecular weight is 411 g/mol. The molecule has 0 aliphatic carbocycles. The summed E-state index contributed by atoms with van der Waals surface area (Å²) in [5.41, 5.74) is 1.58. The van der Waals surface area contributed by atoms with E-state index in [2.05, 4.69) is 15.1 Å². The Kier molecular flexibility index (Phi) is 5.90. The van der Waals surface area contributed by atoms with Gasteiger partial charge in [0.25, 0.3) is 5.91 Å². The van der Waals surface area contributed by atoms with E-state index in [0.717, 1.165) is 43.4 Å². The molecule has 0 bridgehead atoms. The first-order chi connectivity index (χ1) is 14.5. The molecule has 158 valence electrons. The normalized spacial score (nSPS) is 15.9. The van der Waals surface area contributed by atoms with Gasteiger partial charge in [0.15, 0.2) is 0 Å². The van der Waals surface area contributed by atoms with E-state index in [-0.39, 0.29) is 17.8 Å². The quantitative estimate of drug-likeness (QED) is 0.666. The summed E-state index contributed by atoms with van der Waals surface area (Å²) < 4.78 is 24.3. The van der Waals surface area contributed by atoms with Crippen molar-refractivity contribution in [3.05, 3.63) is 77.4 Å². The van der Waals surface area contributed by atoms with Crippen molar-refractivity contribution in [2.24, 2.45) is 0 Å². The molecule has 6 nitrogen and oxygen atoms in total. The first-order valence-corrected chi connectivity index (χ1v) is 10.1. The van der Waals surface area contributed by atoms with E-state index in [0.29, 0.717) is 17.9 Å². The maximum Gasteiger partial charge on any atom is 0.254 e. The van der Waals surface area contributed by atoms with Crippen LogP contribution in [-0.4, -0.2) is 43.5 Å². The maximum atomic E-state index is 13.2. The van der Waals surface area contributed by atoms with Crippen LogP contribution in [0.15, 0.2) is 57.6 Å². The third kappa shape index (κ3) is 4.41. The number of carbonyl (C=O) groups excluding carboxylic acids is 1. The molecular formula is C23H26FN3O3. The molecule has 4 rings (SSSR count). The molecule has 0 saturated carbocycles. The summed E-state index contributed by atoms with van der Waals surface area (Å²) in [6.45, 7) is 7.31. The fourth-order valence-corrected chi connectivity index (χ4v) is 3.98. The molecule has 3 heterocycles. The van der Waals surface area contributed by atoms with Gasteiger partial charge in [0, 0.05) is 38.4 Å². The number of benzene rings is 1. The van der Waals surface area contributed by atoms with Crippen LogP contribution in [0, 0.1) is 19.7 Å². The Morgan fingerprint density at radius 1 is 1.13 bits per heavy atom. The number of amides is 1. The number of furan rings is 2. The Morgan fingerprint density at radius 2 is 1.87 bits per heavy atom. The minimum absolute atomic E-state index is 0.0624.